The maximum atomic E-state index is 5.36. The van der Waals surface area contributed by atoms with Gasteiger partial charge in [0.25, 0.3) is 0 Å². The third-order valence-corrected chi connectivity index (χ3v) is 3.26. The molecule has 3 aromatic rings. The number of nitrogens with one attached hydrogen (secondary N) is 1. The standard InChI is InChI=1S/C15H13N5OS/c1-21-13-8-3-2-7-12(13)14-18-19-15(22)20(14)17-10-11-6-4-5-9-16-11/h2-10H,1H3,(H,19,22). The number of nitrogens with zero attached hydrogens (tertiary/aromatic N) is 4. The van der Waals surface area contributed by atoms with Crippen LogP contribution < -0.4 is 4.74 Å². The number of methoxy groups -OCH3 is 1. The Morgan fingerprint density at radius 2 is 2.05 bits per heavy atom. The zero-order chi connectivity index (χ0) is 15.4. The predicted molar refractivity (Wildman–Crippen MR) is 86.6 cm³/mol. The van der Waals surface area contributed by atoms with Gasteiger partial charge in [0, 0.05) is 6.20 Å². The molecule has 6 nitrogen and oxygen atoms in total. The molecular formula is C15H13N5OS. The van der Waals surface area contributed by atoms with E-state index in [4.69, 9.17) is 17.0 Å². The predicted octanol–water partition coefficient (Wildman–Crippen LogP) is 2.89. The summed E-state index contributed by atoms with van der Waals surface area (Å²) in [6.45, 7) is 0. The van der Waals surface area contributed by atoms with Crippen LogP contribution in [0.1, 0.15) is 5.69 Å². The van der Waals surface area contributed by atoms with Crippen molar-refractivity contribution in [1.82, 2.24) is 19.9 Å². The van der Waals surface area contributed by atoms with Crippen LogP contribution in [0.2, 0.25) is 0 Å². The molecule has 0 saturated carbocycles. The molecule has 3 rings (SSSR count). The molecule has 110 valence electrons. The van der Waals surface area contributed by atoms with Gasteiger partial charge >= 0.3 is 0 Å². The summed E-state index contributed by atoms with van der Waals surface area (Å²) >= 11 is 5.24. The molecule has 2 aromatic heterocycles. The first-order valence-electron chi connectivity index (χ1n) is 6.56. The highest BCUT2D eigenvalue weighted by molar-refractivity contribution is 7.71. The van der Waals surface area contributed by atoms with Crippen LogP contribution >= 0.6 is 12.2 Å². The minimum absolute atomic E-state index is 0.396. The minimum atomic E-state index is 0.396. The molecule has 1 N–H and O–H groups in total. The largest absolute Gasteiger partial charge is 0.496 e. The van der Waals surface area contributed by atoms with E-state index >= 15 is 0 Å². The van der Waals surface area contributed by atoms with Crippen molar-refractivity contribution in [3.63, 3.8) is 0 Å². The van der Waals surface area contributed by atoms with Gasteiger partial charge in [-0.25, -0.2) is 5.10 Å². The van der Waals surface area contributed by atoms with Gasteiger partial charge in [0.05, 0.1) is 24.6 Å². The van der Waals surface area contributed by atoms with Gasteiger partial charge in [-0.2, -0.15) is 14.9 Å². The second-order valence-electron chi connectivity index (χ2n) is 4.36. The maximum Gasteiger partial charge on any atom is 0.216 e. The summed E-state index contributed by atoms with van der Waals surface area (Å²) < 4.78 is 7.30. The van der Waals surface area contributed by atoms with Crippen molar-refractivity contribution in [1.29, 1.82) is 0 Å². The lowest BCUT2D eigenvalue weighted by Crippen LogP contribution is -1.97. The van der Waals surface area contributed by atoms with Crippen molar-refractivity contribution >= 4 is 18.4 Å². The molecule has 1 aromatic carbocycles. The highest BCUT2D eigenvalue weighted by Gasteiger charge is 2.12. The Kier molecular flexibility index (Phi) is 4.06. The van der Waals surface area contributed by atoms with E-state index in [1.54, 1.807) is 24.2 Å². The SMILES string of the molecule is COc1ccccc1-c1n[nH]c(=S)n1N=Cc1ccccn1. The van der Waals surface area contributed by atoms with Gasteiger partial charge in [-0.1, -0.05) is 18.2 Å². The van der Waals surface area contributed by atoms with Crippen molar-refractivity contribution in [2.24, 2.45) is 5.10 Å². The Hall–Kier alpha value is -2.80. The van der Waals surface area contributed by atoms with Crippen LogP contribution in [0, 0.1) is 4.77 Å². The minimum Gasteiger partial charge on any atom is -0.496 e. The second kappa shape index (κ2) is 6.31. The van der Waals surface area contributed by atoms with E-state index in [-0.39, 0.29) is 0 Å². The van der Waals surface area contributed by atoms with Crippen LogP contribution in [-0.4, -0.2) is 33.2 Å². The average Bonchev–Trinajstić information content (AvgIpc) is 2.94. The van der Waals surface area contributed by atoms with Crippen molar-refractivity contribution in [3.05, 3.63) is 59.1 Å². The highest BCUT2D eigenvalue weighted by atomic mass is 32.1. The fraction of sp³-hybridized carbons (Fsp3) is 0.0667. The van der Waals surface area contributed by atoms with Gasteiger partial charge in [-0.15, -0.1) is 0 Å². The molecule has 0 fully saturated rings. The molecule has 0 radical (unpaired) electrons. The van der Waals surface area contributed by atoms with E-state index in [0.717, 1.165) is 11.3 Å². The number of aromatic amines is 1. The van der Waals surface area contributed by atoms with Crippen molar-refractivity contribution < 1.29 is 4.74 Å². The molecule has 0 bridgehead atoms. The van der Waals surface area contributed by atoms with Gasteiger partial charge < -0.3 is 4.74 Å². The fourth-order valence-corrected chi connectivity index (χ4v) is 2.15. The lowest BCUT2D eigenvalue weighted by atomic mass is 10.2. The number of H-pyrrole nitrogens is 1. The first kappa shape index (κ1) is 14.2. The number of hydrogen-bond acceptors (Lipinski definition) is 5. The monoisotopic (exact) mass is 311 g/mol. The Morgan fingerprint density at radius 1 is 1.23 bits per heavy atom. The lowest BCUT2D eigenvalue weighted by molar-refractivity contribution is 0.416. The van der Waals surface area contributed by atoms with E-state index < -0.39 is 0 Å². The quantitative estimate of drug-likeness (QED) is 0.594. The molecule has 0 unspecified atom stereocenters. The molecule has 0 atom stereocenters. The first-order chi connectivity index (χ1) is 10.8. The Balaban J connectivity index is 2.05. The van der Waals surface area contributed by atoms with E-state index in [9.17, 15) is 0 Å². The van der Waals surface area contributed by atoms with Gasteiger partial charge in [-0.05, 0) is 36.5 Å². The molecule has 0 aliphatic rings. The van der Waals surface area contributed by atoms with Crippen LogP contribution in [0.5, 0.6) is 5.75 Å². The van der Waals surface area contributed by atoms with Gasteiger partial charge in [0.2, 0.25) is 4.77 Å². The summed E-state index contributed by atoms with van der Waals surface area (Å²) in [4.78, 5) is 4.19. The van der Waals surface area contributed by atoms with Gasteiger partial charge in [0.15, 0.2) is 5.82 Å². The zero-order valence-corrected chi connectivity index (χ0v) is 12.6. The molecule has 0 saturated heterocycles. The fourth-order valence-electron chi connectivity index (χ4n) is 1.97. The molecule has 22 heavy (non-hydrogen) atoms. The Morgan fingerprint density at radius 3 is 2.82 bits per heavy atom. The van der Waals surface area contributed by atoms with Gasteiger partial charge in [0.1, 0.15) is 5.75 Å². The van der Waals surface area contributed by atoms with Crippen molar-refractivity contribution in [2.75, 3.05) is 7.11 Å². The highest BCUT2D eigenvalue weighted by Crippen LogP contribution is 2.27. The number of benzene rings is 1. The van der Waals surface area contributed by atoms with E-state index in [1.807, 2.05) is 42.5 Å². The Labute approximate surface area is 132 Å². The maximum absolute atomic E-state index is 5.36. The van der Waals surface area contributed by atoms with Crippen LogP contribution in [0.25, 0.3) is 11.4 Å². The summed E-state index contributed by atoms with van der Waals surface area (Å²) in [6.07, 6.45) is 3.33. The summed E-state index contributed by atoms with van der Waals surface area (Å²) in [7, 11) is 1.61. The van der Waals surface area contributed by atoms with Crippen molar-refractivity contribution in [2.45, 2.75) is 0 Å². The van der Waals surface area contributed by atoms with Crippen LogP contribution in [0.4, 0.5) is 0 Å². The Bertz CT molecular complexity index is 854. The van der Waals surface area contributed by atoms with E-state index in [1.165, 1.54) is 0 Å². The summed E-state index contributed by atoms with van der Waals surface area (Å²) in [5.74, 6) is 1.28. The molecule has 0 aliphatic carbocycles. The summed E-state index contributed by atoms with van der Waals surface area (Å²) in [5.41, 5.74) is 1.53. The van der Waals surface area contributed by atoms with Crippen LogP contribution in [0.15, 0.2) is 53.8 Å². The number of aromatic nitrogens is 4. The van der Waals surface area contributed by atoms with Crippen LogP contribution in [-0.2, 0) is 0 Å². The smallest absolute Gasteiger partial charge is 0.216 e. The topological polar surface area (TPSA) is 68.1 Å². The number of hydrogen-bond donors (Lipinski definition) is 1. The number of pyridine rings is 1. The third-order valence-electron chi connectivity index (χ3n) is 2.99. The molecular weight excluding hydrogens is 298 g/mol. The lowest BCUT2D eigenvalue weighted by Gasteiger charge is -2.06. The molecule has 0 aliphatic heterocycles. The summed E-state index contributed by atoms with van der Waals surface area (Å²) in [6, 6.07) is 13.2. The number of rotatable bonds is 4. The van der Waals surface area contributed by atoms with E-state index in [2.05, 4.69) is 20.3 Å². The number of ether oxygens (including phenoxy) is 1. The second-order valence-corrected chi connectivity index (χ2v) is 4.75. The molecule has 2 heterocycles. The summed E-state index contributed by atoms with van der Waals surface area (Å²) in [5, 5.41) is 11.4. The average molecular weight is 311 g/mol. The normalized spacial score (nSPS) is 11.0. The van der Waals surface area contributed by atoms with E-state index in [0.29, 0.717) is 16.3 Å². The molecule has 7 heteroatoms. The molecule has 0 spiro atoms. The first-order valence-corrected chi connectivity index (χ1v) is 6.96. The van der Waals surface area contributed by atoms with Crippen LogP contribution in [0.3, 0.4) is 0 Å². The third kappa shape index (κ3) is 2.79. The van der Waals surface area contributed by atoms with Gasteiger partial charge in [-0.3, -0.25) is 4.98 Å². The zero-order valence-electron chi connectivity index (χ0n) is 11.8. The molecule has 0 amide bonds. The van der Waals surface area contributed by atoms with Crippen molar-refractivity contribution in [3.8, 4) is 17.1 Å². The number of para-hydroxylation sites is 1.